The number of rotatable bonds is 4. The average molecular weight is 592 g/mol. The second-order valence-corrected chi connectivity index (χ2v) is 15.0. The van der Waals surface area contributed by atoms with Crippen molar-refractivity contribution in [2.75, 3.05) is 13.2 Å². The second-order valence-electron chi connectivity index (χ2n) is 15.0. The highest BCUT2D eigenvalue weighted by Gasteiger charge is 2.42. The van der Waals surface area contributed by atoms with Crippen LogP contribution in [0.25, 0.3) is 11.5 Å². The van der Waals surface area contributed by atoms with E-state index in [0.29, 0.717) is 30.1 Å². The fourth-order valence-electron chi connectivity index (χ4n) is 6.58. The van der Waals surface area contributed by atoms with Crippen LogP contribution in [0.4, 0.5) is 0 Å². The molecule has 2 aliphatic heterocycles. The molecule has 0 bridgehead atoms. The van der Waals surface area contributed by atoms with Gasteiger partial charge in [-0.2, -0.15) is 0 Å². The van der Waals surface area contributed by atoms with Gasteiger partial charge in [-0.05, 0) is 60.1 Å². The molecule has 3 N–H and O–H groups in total. The van der Waals surface area contributed by atoms with Crippen LogP contribution in [0, 0.1) is 21.7 Å². The molecule has 0 saturated heterocycles. The fraction of sp³-hybridized carbons (Fsp3) is 0.500. The lowest BCUT2D eigenvalue weighted by Crippen LogP contribution is -2.24. The van der Waals surface area contributed by atoms with Crippen molar-refractivity contribution >= 4 is 23.0 Å². The first-order chi connectivity index (χ1) is 19.6. The van der Waals surface area contributed by atoms with Gasteiger partial charge in [0.05, 0.1) is 24.5 Å². The molecule has 0 spiro atoms. The molecule has 4 rings (SSSR count). The molecule has 234 valence electrons. The highest BCUT2D eigenvalue weighted by Crippen LogP contribution is 2.51. The van der Waals surface area contributed by atoms with E-state index in [1.54, 1.807) is 31.2 Å². The van der Waals surface area contributed by atoms with Crippen LogP contribution in [0.2, 0.25) is 0 Å². The third-order valence-corrected chi connectivity index (χ3v) is 7.90. The van der Waals surface area contributed by atoms with Crippen LogP contribution in [0.1, 0.15) is 110 Å². The first-order valence-corrected chi connectivity index (χ1v) is 14.7. The summed E-state index contributed by atoms with van der Waals surface area (Å²) in [6.07, 6.45) is 0. The molecular weight excluding hydrogens is 542 g/mol. The van der Waals surface area contributed by atoms with Crippen LogP contribution in [0.15, 0.2) is 52.7 Å². The Hall–Kier alpha value is -3.74. The molecule has 0 fully saturated rings. The van der Waals surface area contributed by atoms with E-state index in [4.69, 9.17) is 14.7 Å². The van der Waals surface area contributed by atoms with Crippen molar-refractivity contribution in [1.29, 1.82) is 0 Å². The van der Waals surface area contributed by atoms with Crippen LogP contribution in [-0.4, -0.2) is 40.1 Å². The predicted octanol–water partition coefficient (Wildman–Crippen LogP) is 8.81. The zero-order valence-electron chi connectivity index (χ0n) is 27.9. The molecule has 2 aliphatic rings. The number of ether oxygens (including phenoxy) is 2. The SMILES string of the molecule is C/C(=N\O)c1ccc(C2=C(C(C)(C)C)C(C)(C)CO2)cc1O.CC(=O)c1ccc(C2=C(C(C)(C)C)C(C)(C)CO2)cc1O. The van der Waals surface area contributed by atoms with E-state index < -0.39 is 0 Å². The number of hydrogen-bond acceptors (Lipinski definition) is 7. The van der Waals surface area contributed by atoms with Crippen molar-refractivity contribution in [3.05, 3.63) is 69.8 Å². The lowest BCUT2D eigenvalue weighted by molar-refractivity contribution is 0.101. The summed E-state index contributed by atoms with van der Waals surface area (Å²) in [4.78, 5) is 11.4. The van der Waals surface area contributed by atoms with Gasteiger partial charge in [-0.25, -0.2) is 0 Å². The summed E-state index contributed by atoms with van der Waals surface area (Å²) >= 11 is 0. The quantitative estimate of drug-likeness (QED) is 0.142. The zero-order valence-corrected chi connectivity index (χ0v) is 27.9. The highest BCUT2D eigenvalue weighted by atomic mass is 16.5. The maximum atomic E-state index is 11.4. The minimum absolute atomic E-state index is 0.00839. The van der Waals surface area contributed by atoms with Gasteiger partial charge in [0.15, 0.2) is 5.78 Å². The number of phenols is 2. The van der Waals surface area contributed by atoms with Crippen LogP contribution in [-0.2, 0) is 9.47 Å². The van der Waals surface area contributed by atoms with Gasteiger partial charge in [-0.3, -0.25) is 4.79 Å². The standard InChI is InChI=1S/C18H25NO3.C18H24O3/c1-11(19-21)13-8-7-12(9-14(13)20)15-16(17(2,3)4)18(5,6)10-22-15;1-11(19)13-8-7-12(9-14(13)20)15-16(17(2,3)4)18(5,6)10-21-15/h7-9,20-21H,10H2,1-6H3;7-9,20H,10H2,1-6H3/b19-11+;. The van der Waals surface area contributed by atoms with Crippen LogP contribution >= 0.6 is 0 Å². The van der Waals surface area contributed by atoms with Crippen molar-refractivity contribution in [3.63, 3.8) is 0 Å². The third-order valence-electron chi connectivity index (χ3n) is 7.90. The summed E-state index contributed by atoms with van der Waals surface area (Å²) in [5.41, 5.74) is 5.28. The van der Waals surface area contributed by atoms with Crippen LogP contribution < -0.4 is 0 Å². The Labute approximate surface area is 256 Å². The minimum atomic E-state index is -0.142. The Kier molecular flexibility index (Phi) is 9.22. The highest BCUT2D eigenvalue weighted by molar-refractivity contribution is 6.01. The zero-order chi connectivity index (χ0) is 32.7. The molecule has 2 heterocycles. The summed E-state index contributed by atoms with van der Waals surface area (Å²) < 4.78 is 11.9. The van der Waals surface area contributed by atoms with Gasteiger partial charge in [-0.15, -0.1) is 0 Å². The minimum Gasteiger partial charge on any atom is -0.507 e. The van der Waals surface area contributed by atoms with E-state index in [2.05, 4.69) is 74.4 Å². The molecular formula is C36H49NO6. The summed E-state index contributed by atoms with van der Waals surface area (Å²) in [6.45, 7) is 26.1. The topological polar surface area (TPSA) is 109 Å². The van der Waals surface area contributed by atoms with Crippen molar-refractivity contribution in [2.24, 2.45) is 26.8 Å². The first-order valence-electron chi connectivity index (χ1n) is 14.7. The Bertz CT molecular complexity index is 1490. The van der Waals surface area contributed by atoms with Crippen molar-refractivity contribution in [2.45, 2.75) is 83.1 Å². The average Bonchev–Trinajstić information content (AvgIpc) is 3.38. The fourth-order valence-corrected chi connectivity index (χ4v) is 6.58. The Morgan fingerprint density at radius 3 is 1.40 bits per heavy atom. The molecule has 0 aliphatic carbocycles. The number of benzene rings is 2. The number of carbonyl (C=O) groups excluding carboxylic acids is 1. The van der Waals surface area contributed by atoms with E-state index in [1.807, 2.05) is 12.1 Å². The lowest BCUT2D eigenvalue weighted by atomic mass is 9.71. The monoisotopic (exact) mass is 591 g/mol. The molecule has 2 aromatic rings. The summed E-state index contributed by atoms with van der Waals surface area (Å²) in [5, 5.41) is 32.2. The van der Waals surface area contributed by atoms with E-state index in [0.717, 1.165) is 22.6 Å². The Morgan fingerprint density at radius 2 is 1.09 bits per heavy atom. The van der Waals surface area contributed by atoms with Gasteiger partial charge in [0, 0.05) is 27.5 Å². The third kappa shape index (κ3) is 7.09. The largest absolute Gasteiger partial charge is 0.507 e. The molecule has 0 atom stereocenters. The number of aromatic hydroxyl groups is 2. The van der Waals surface area contributed by atoms with E-state index in [9.17, 15) is 15.0 Å². The van der Waals surface area contributed by atoms with Gasteiger partial charge < -0.3 is 24.9 Å². The second kappa shape index (κ2) is 11.7. The molecule has 0 unspecified atom stereocenters. The van der Waals surface area contributed by atoms with Gasteiger partial charge in [0.2, 0.25) is 0 Å². The molecule has 7 heteroatoms. The number of carbonyl (C=O) groups is 1. The molecule has 0 radical (unpaired) electrons. The molecule has 2 aromatic carbocycles. The Morgan fingerprint density at radius 1 is 0.721 bits per heavy atom. The van der Waals surface area contributed by atoms with Crippen LogP contribution in [0.5, 0.6) is 11.5 Å². The van der Waals surface area contributed by atoms with Crippen molar-refractivity contribution in [3.8, 4) is 11.5 Å². The molecule has 0 saturated carbocycles. The molecule has 0 amide bonds. The number of phenolic OH excluding ortho intramolecular Hbond substituents is 2. The number of Topliss-reactive ketones (excluding diaryl/α,β-unsaturated/α-hetero) is 1. The maximum Gasteiger partial charge on any atom is 0.163 e. The normalized spacial score (nSPS) is 18.2. The number of oxime groups is 1. The Balaban J connectivity index is 0.000000236. The predicted molar refractivity (Wildman–Crippen MR) is 172 cm³/mol. The number of nitrogens with zero attached hydrogens (tertiary/aromatic N) is 1. The van der Waals surface area contributed by atoms with E-state index in [-0.39, 0.29) is 38.9 Å². The van der Waals surface area contributed by atoms with Gasteiger partial charge in [0.1, 0.15) is 23.0 Å². The lowest BCUT2D eigenvalue weighted by Gasteiger charge is -2.31. The number of hydrogen-bond donors (Lipinski definition) is 3. The van der Waals surface area contributed by atoms with Crippen molar-refractivity contribution < 1.29 is 29.7 Å². The van der Waals surface area contributed by atoms with Crippen molar-refractivity contribution in [1.82, 2.24) is 0 Å². The molecule has 43 heavy (non-hydrogen) atoms. The molecule has 0 aromatic heterocycles. The molecule has 7 nitrogen and oxygen atoms in total. The van der Waals surface area contributed by atoms with Gasteiger partial charge in [-0.1, -0.05) is 86.5 Å². The smallest absolute Gasteiger partial charge is 0.163 e. The number of ketones is 1. The van der Waals surface area contributed by atoms with E-state index in [1.165, 1.54) is 18.1 Å². The first kappa shape index (κ1) is 33.8. The van der Waals surface area contributed by atoms with E-state index >= 15 is 0 Å². The summed E-state index contributed by atoms with van der Waals surface area (Å²) in [7, 11) is 0. The van der Waals surface area contributed by atoms with Gasteiger partial charge >= 0.3 is 0 Å². The summed E-state index contributed by atoms with van der Waals surface area (Å²) in [6, 6.07) is 10.5. The van der Waals surface area contributed by atoms with Gasteiger partial charge in [0.25, 0.3) is 0 Å². The van der Waals surface area contributed by atoms with Crippen LogP contribution in [0.3, 0.4) is 0 Å². The maximum absolute atomic E-state index is 11.4. The summed E-state index contributed by atoms with van der Waals surface area (Å²) in [5.74, 6) is 1.63.